The molecule has 2 heterocycles. The number of pyridine rings is 1. The highest BCUT2D eigenvalue weighted by Crippen LogP contribution is 2.38. The molecule has 0 spiro atoms. The molecule has 8 nitrogen and oxygen atoms in total. The van der Waals surface area contributed by atoms with Crippen molar-refractivity contribution in [3.63, 3.8) is 0 Å². The van der Waals surface area contributed by atoms with Gasteiger partial charge in [-0.15, -0.1) is 0 Å². The second kappa shape index (κ2) is 11.1. The third kappa shape index (κ3) is 5.75. The number of hydrogen-bond acceptors (Lipinski definition) is 5. The van der Waals surface area contributed by atoms with Gasteiger partial charge in [-0.05, 0) is 62.1 Å². The van der Waals surface area contributed by atoms with Crippen molar-refractivity contribution in [3.8, 4) is 17.2 Å². The molecule has 9 heteroatoms. The van der Waals surface area contributed by atoms with Gasteiger partial charge in [-0.25, -0.2) is 4.79 Å². The van der Waals surface area contributed by atoms with Crippen LogP contribution in [-0.4, -0.2) is 47.6 Å². The van der Waals surface area contributed by atoms with Crippen molar-refractivity contribution in [2.75, 3.05) is 25.0 Å². The molecule has 1 saturated carbocycles. The molecular formula is C29H29ClN4O4. The number of ether oxygens (including phenoxy) is 2. The first kappa shape index (κ1) is 25.6. The Morgan fingerprint density at radius 1 is 1.21 bits per heavy atom. The molecule has 196 valence electrons. The molecule has 0 saturated heterocycles. The second-order valence-electron chi connectivity index (χ2n) is 9.19. The fourth-order valence-corrected chi connectivity index (χ4v) is 4.58. The average Bonchev–Trinajstić information content (AvgIpc) is 3.74. The van der Waals surface area contributed by atoms with Crippen molar-refractivity contribution in [1.82, 2.24) is 15.2 Å². The molecule has 1 aliphatic carbocycles. The Morgan fingerprint density at radius 3 is 2.74 bits per heavy atom. The molecule has 0 radical (unpaired) electrons. The molecule has 0 bridgehead atoms. The number of fused-ring (bicyclic) bond motifs is 1. The van der Waals surface area contributed by atoms with Gasteiger partial charge in [0.05, 0.1) is 22.8 Å². The minimum Gasteiger partial charge on any atom is -0.493 e. The number of carbonyl (C=O) groups excluding carboxylic acids is 2. The molecular weight excluding hydrogens is 504 g/mol. The van der Waals surface area contributed by atoms with Crippen LogP contribution < -0.4 is 20.1 Å². The summed E-state index contributed by atoms with van der Waals surface area (Å²) in [7, 11) is 0. The van der Waals surface area contributed by atoms with E-state index in [4.69, 9.17) is 21.1 Å². The Hall–Kier alpha value is -4.04. The van der Waals surface area contributed by atoms with Crippen molar-refractivity contribution < 1.29 is 19.1 Å². The quantitative estimate of drug-likeness (QED) is 0.339. The Kier molecular flexibility index (Phi) is 7.51. The van der Waals surface area contributed by atoms with Crippen LogP contribution in [0.25, 0.3) is 16.5 Å². The Bertz CT molecular complexity index is 1430. The number of carbonyl (C=O) groups is 2. The van der Waals surface area contributed by atoms with Gasteiger partial charge in [0.2, 0.25) is 5.91 Å². The van der Waals surface area contributed by atoms with Gasteiger partial charge >= 0.3 is 6.03 Å². The van der Waals surface area contributed by atoms with Crippen LogP contribution in [0.15, 0.2) is 61.3 Å². The van der Waals surface area contributed by atoms with E-state index in [1.54, 1.807) is 35.4 Å². The first-order valence-corrected chi connectivity index (χ1v) is 13.0. The highest BCUT2D eigenvalue weighted by atomic mass is 35.5. The van der Waals surface area contributed by atoms with E-state index in [9.17, 15) is 9.59 Å². The molecule has 0 atom stereocenters. The third-order valence-electron chi connectivity index (χ3n) is 6.47. The molecule has 5 rings (SSSR count). The molecule has 1 aliphatic heterocycles. The summed E-state index contributed by atoms with van der Waals surface area (Å²) in [5.74, 6) is 1.80. The van der Waals surface area contributed by atoms with Gasteiger partial charge in [0, 0.05) is 48.4 Å². The van der Waals surface area contributed by atoms with Crippen LogP contribution in [-0.2, 0) is 4.79 Å². The lowest BCUT2D eigenvalue weighted by atomic mass is 9.96. The van der Waals surface area contributed by atoms with Crippen LogP contribution >= 0.6 is 11.6 Å². The van der Waals surface area contributed by atoms with Crippen LogP contribution in [0.5, 0.6) is 17.2 Å². The number of nitrogens with one attached hydrogen (secondary N) is 2. The lowest BCUT2D eigenvalue weighted by Crippen LogP contribution is -2.33. The number of rotatable bonds is 8. The van der Waals surface area contributed by atoms with Crippen LogP contribution in [0.3, 0.4) is 0 Å². The van der Waals surface area contributed by atoms with Crippen molar-refractivity contribution in [3.05, 3.63) is 71.9 Å². The van der Waals surface area contributed by atoms with Crippen LogP contribution in [0.2, 0.25) is 5.02 Å². The third-order valence-corrected chi connectivity index (χ3v) is 6.79. The maximum absolute atomic E-state index is 12.1. The van der Waals surface area contributed by atoms with Crippen LogP contribution in [0.1, 0.15) is 31.7 Å². The van der Waals surface area contributed by atoms with E-state index in [1.165, 1.54) is 6.08 Å². The molecule has 0 unspecified atom stereocenters. The smallest absolute Gasteiger partial charge is 0.319 e. The number of benzene rings is 2. The Balaban J connectivity index is 1.42. The van der Waals surface area contributed by atoms with E-state index in [2.05, 4.69) is 28.3 Å². The van der Waals surface area contributed by atoms with Gasteiger partial charge in [-0.2, -0.15) is 0 Å². The first-order chi connectivity index (χ1) is 18.4. The van der Waals surface area contributed by atoms with Crippen LogP contribution in [0, 0.1) is 0 Å². The van der Waals surface area contributed by atoms with Crippen molar-refractivity contribution in [2.45, 2.75) is 32.2 Å². The molecule has 1 fully saturated rings. The van der Waals surface area contributed by atoms with Crippen LogP contribution in [0.4, 0.5) is 10.5 Å². The number of anilines is 1. The van der Waals surface area contributed by atoms with Gasteiger partial charge in [-0.3, -0.25) is 9.78 Å². The number of urea groups is 1. The standard InChI is InChI=1S/C29H29ClN4O4/c1-3-28(35)34-13-10-18(11-14-34)21-16-22-25(17-27(21)37-4-2)31-12-9-26(22)38-20-7-8-24(23(30)15-20)33-29(36)32-19-5-6-19/h3,7-10,12,15-17,19H,1,4-6,11,13-14H2,2H3,(H2,32,33,36). The summed E-state index contributed by atoms with van der Waals surface area (Å²) in [6.07, 6.45) is 7.79. The SMILES string of the molecule is C=CC(=O)N1CC=C(c2cc3c(Oc4ccc(NC(=O)NC5CC5)c(Cl)c4)ccnc3cc2OCC)CC1. The van der Waals surface area contributed by atoms with E-state index >= 15 is 0 Å². The zero-order chi connectivity index (χ0) is 26.6. The second-order valence-corrected chi connectivity index (χ2v) is 9.60. The van der Waals surface area contributed by atoms with E-state index in [0.717, 1.165) is 40.6 Å². The highest BCUT2D eigenvalue weighted by molar-refractivity contribution is 6.33. The Labute approximate surface area is 226 Å². The summed E-state index contributed by atoms with van der Waals surface area (Å²) in [4.78, 5) is 30.4. The molecule has 2 aromatic carbocycles. The Morgan fingerprint density at radius 2 is 2.05 bits per heavy atom. The molecule has 3 aromatic rings. The summed E-state index contributed by atoms with van der Waals surface area (Å²) >= 11 is 6.44. The van der Waals surface area contributed by atoms with Crippen molar-refractivity contribution in [1.29, 1.82) is 0 Å². The number of halogens is 1. The highest BCUT2D eigenvalue weighted by Gasteiger charge is 2.24. The van der Waals surface area contributed by atoms with Gasteiger partial charge in [0.25, 0.3) is 0 Å². The van der Waals surface area contributed by atoms with Crippen molar-refractivity contribution in [2.24, 2.45) is 0 Å². The number of amides is 3. The number of hydrogen-bond donors (Lipinski definition) is 2. The zero-order valence-electron chi connectivity index (χ0n) is 21.1. The average molecular weight is 533 g/mol. The normalized spacial score (nSPS) is 15.0. The minimum atomic E-state index is -0.269. The minimum absolute atomic E-state index is 0.0767. The summed E-state index contributed by atoms with van der Waals surface area (Å²) in [5.41, 5.74) is 3.28. The number of nitrogens with zero attached hydrogens (tertiary/aromatic N) is 2. The fraction of sp³-hybridized carbons (Fsp3) is 0.276. The predicted molar refractivity (Wildman–Crippen MR) is 149 cm³/mol. The lowest BCUT2D eigenvalue weighted by molar-refractivity contribution is -0.125. The van der Waals surface area contributed by atoms with Crippen molar-refractivity contribution >= 4 is 45.7 Å². The summed E-state index contributed by atoms with van der Waals surface area (Å²) in [6.45, 7) is 7.16. The summed E-state index contributed by atoms with van der Waals surface area (Å²) < 4.78 is 12.2. The molecule has 38 heavy (non-hydrogen) atoms. The molecule has 2 aliphatic rings. The topological polar surface area (TPSA) is 92.8 Å². The zero-order valence-corrected chi connectivity index (χ0v) is 21.9. The monoisotopic (exact) mass is 532 g/mol. The van der Waals surface area contributed by atoms with Gasteiger partial charge in [-0.1, -0.05) is 24.3 Å². The molecule has 2 N–H and O–H groups in total. The van der Waals surface area contributed by atoms with Gasteiger partial charge < -0.3 is 25.0 Å². The maximum Gasteiger partial charge on any atom is 0.319 e. The first-order valence-electron chi connectivity index (χ1n) is 12.7. The van der Waals surface area contributed by atoms with E-state index in [-0.39, 0.29) is 18.0 Å². The lowest BCUT2D eigenvalue weighted by Gasteiger charge is -2.26. The summed E-state index contributed by atoms with van der Waals surface area (Å²) in [6, 6.07) is 10.9. The fourth-order valence-electron chi connectivity index (χ4n) is 4.37. The van der Waals surface area contributed by atoms with Gasteiger partial charge in [0.1, 0.15) is 17.2 Å². The van der Waals surface area contributed by atoms with E-state index < -0.39 is 0 Å². The van der Waals surface area contributed by atoms with Gasteiger partial charge in [0.15, 0.2) is 0 Å². The molecule has 1 aromatic heterocycles. The predicted octanol–water partition coefficient (Wildman–Crippen LogP) is 6.16. The van der Waals surface area contributed by atoms with E-state index in [1.807, 2.05) is 19.1 Å². The maximum atomic E-state index is 12.1. The largest absolute Gasteiger partial charge is 0.493 e. The summed E-state index contributed by atoms with van der Waals surface area (Å²) in [5, 5.41) is 6.85. The molecule has 3 amide bonds. The number of aromatic nitrogens is 1. The van der Waals surface area contributed by atoms with E-state index in [0.29, 0.717) is 48.3 Å².